The predicted octanol–water partition coefficient (Wildman–Crippen LogP) is 3.01. The monoisotopic (exact) mass is 452 g/mol. The highest BCUT2D eigenvalue weighted by Gasteiger charge is 2.31. The molecule has 0 saturated carbocycles. The van der Waals surface area contributed by atoms with E-state index < -0.39 is 0 Å². The molecule has 0 bridgehead atoms. The number of aryl methyl sites for hydroxylation is 1. The van der Waals surface area contributed by atoms with Gasteiger partial charge in [-0.15, -0.1) is 0 Å². The van der Waals surface area contributed by atoms with Crippen LogP contribution >= 0.6 is 0 Å². The number of carbonyl (C=O) groups excluding carboxylic acids is 2. The molecule has 2 amide bonds. The molecule has 1 saturated heterocycles. The summed E-state index contributed by atoms with van der Waals surface area (Å²) >= 11 is 0. The molecule has 2 atom stereocenters. The first-order chi connectivity index (χ1) is 15.9. The van der Waals surface area contributed by atoms with Crippen molar-refractivity contribution in [2.75, 3.05) is 20.7 Å². The van der Waals surface area contributed by atoms with Crippen LogP contribution in [0.25, 0.3) is 5.76 Å². The Balaban J connectivity index is 0.00000149. The van der Waals surface area contributed by atoms with E-state index in [-0.39, 0.29) is 23.8 Å². The lowest BCUT2D eigenvalue weighted by atomic mass is 10.0. The molecule has 2 aliphatic rings. The van der Waals surface area contributed by atoms with E-state index in [9.17, 15) is 9.59 Å². The Morgan fingerprint density at radius 3 is 2.67 bits per heavy atom. The van der Waals surface area contributed by atoms with Crippen molar-refractivity contribution in [2.24, 2.45) is 0 Å². The number of benzene rings is 1. The number of hydrogen-bond acceptors (Lipinski definition) is 5. The second-order valence-electron chi connectivity index (χ2n) is 8.20. The van der Waals surface area contributed by atoms with Crippen LogP contribution < -0.4 is 10.1 Å². The molecule has 1 aliphatic heterocycles. The van der Waals surface area contributed by atoms with Crippen LogP contribution in [0.2, 0.25) is 0 Å². The van der Waals surface area contributed by atoms with Crippen molar-refractivity contribution in [3.8, 4) is 5.75 Å². The summed E-state index contributed by atoms with van der Waals surface area (Å²) in [6, 6.07) is 6.02. The molecule has 0 radical (unpaired) electrons. The molecule has 4 N–H and O–H groups in total. The molecule has 8 nitrogen and oxygen atoms in total. The van der Waals surface area contributed by atoms with Crippen molar-refractivity contribution in [1.82, 2.24) is 15.2 Å². The van der Waals surface area contributed by atoms with Gasteiger partial charge in [-0.3, -0.25) is 9.59 Å². The van der Waals surface area contributed by atoms with Crippen LogP contribution in [0.5, 0.6) is 5.75 Å². The van der Waals surface area contributed by atoms with Crippen molar-refractivity contribution in [2.45, 2.75) is 45.1 Å². The van der Waals surface area contributed by atoms with Crippen LogP contribution in [0.15, 0.2) is 30.5 Å². The number of fused-ring (bicyclic) bond motifs is 1. The standard InChI is InChI=1S/C24H28N4O3.CH4O/c1-14-9-11-28(14)24(30)20-13-27-22(15(20)2)21(8-10-25)31-17-5-7-18-16(12-17)4-6-19(18)23(29)26-3;1-2/h5,7-8,10,12-14,19,25,27H,4,6,9,11H2,1-3H3,(H,26,29);2H,1H3/b21-8+,25-10?;. The molecule has 1 fully saturated rings. The number of nitrogens with one attached hydrogen (secondary N) is 3. The molecular weight excluding hydrogens is 420 g/mol. The number of carbonyl (C=O) groups is 2. The number of likely N-dealkylation sites (tertiary alicyclic amines) is 1. The van der Waals surface area contributed by atoms with E-state index >= 15 is 0 Å². The van der Waals surface area contributed by atoms with Crippen molar-refractivity contribution >= 4 is 23.8 Å². The highest BCUT2D eigenvalue weighted by atomic mass is 16.5. The average molecular weight is 453 g/mol. The third-order valence-corrected chi connectivity index (χ3v) is 6.41. The Hall–Kier alpha value is -3.39. The SMILES string of the molecule is CNC(=O)C1CCc2cc(O/C(=C/C=N)c3[nH]cc(C(=O)N4CCC4C)c3C)ccc21.CO. The fourth-order valence-electron chi connectivity index (χ4n) is 4.42. The Kier molecular flexibility index (Phi) is 7.71. The van der Waals surface area contributed by atoms with E-state index in [0.717, 1.165) is 49.6 Å². The summed E-state index contributed by atoms with van der Waals surface area (Å²) < 4.78 is 6.14. The smallest absolute Gasteiger partial charge is 0.255 e. The van der Waals surface area contributed by atoms with E-state index in [0.29, 0.717) is 22.8 Å². The van der Waals surface area contributed by atoms with E-state index in [1.54, 1.807) is 19.3 Å². The zero-order valence-corrected chi connectivity index (χ0v) is 19.6. The largest absolute Gasteiger partial charge is 0.455 e. The lowest BCUT2D eigenvalue weighted by Gasteiger charge is -2.38. The number of aromatic nitrogens is 1. The first-order valence-electron chi connectivity index (χ1n) is 11.1. The fraction of sp³-hybridized carbons (Fsp3) is 0.400. The number of amides is 2. The van der Waals surface area contributed by atoms with Gasteiger partial charge in [0, 0.05) is 45.2 Å². The van der Waals surface area contributed by atoms with Gasteiger partial charge in [0.1, 0.15) is 5.75 Å². The summed E-state index contributed by atoms with van der Waals surface area (Å²) in [5.74, 6) is 1.05. The van der Waals surface area contributed by atoms with Gasteiger partial charge >= 0.3 is 0 Å². The lowest BCUT2D eigenvalue weighted by Crippen LogP contribution is -2.49. The maximum atomic E-state index is 12.8. The van der Waals surface area contributed by atoms with Crippen molar-refractivity contribution in [3.63, 3.8) is 0 Å². The zero-order chi connectivity index (χ0) is 24.1. The summed E-state index contributed by atoms with van der Waals surface area (Å²) in [5.41, 5.74) is 4.26. The number of hydrogen-bond donors (Lipinski definition) is 4. The Morgan fingerprint density at radius 2 is 2.06 bits per heavy atom. The van der Waals surface area contributed by atoms with Gasteiger partial charge < -0.3 is 30.5 Å². The number of likely N-dealkylation sites (N-methyl/N-ethyl adjacent to an activating group) is 1. The number of aliphatic hydroxyl groups is 1. The minimum atomic E-state index is -0.117. The number of aliphatic hydroxyl groups excluding tert-OH is 1. The molecule has 2 unspecified atom stereocenters. The summed E-state index contributed by atoms with van der Waals surface area (Å²) in [6.45, 7) is 4.73. The van der Waals surface area contributed by atoms with Crippen LogP contribution in [0.3, 0.4) is 0 Å². The molecule has 1 aliphatic carbocycles. The van der Waals surface area contributed by atoms with Gasteiger partial charge in [0.25, 0.3) is 5.91 Å². The van der Waals surface area contributed by atoms with Crippen LogP contribution in [-0.4, -0.2) is 59.8 Å². The average Bonchev–Trinajstić information content (AvgIpc) is 3.41. The molecule has 1 aromatic heterocycles. The highest BCUT2D eigenvalue weighted by Crippen LogP contribution is 2.36. The molecule has 33 heavy (non-hydrogen) atoms. The first kappa shape index (κ1) is 24.3. The van der Waals surface area contributed by atoms with E-state index in [4.69, 9.17) is 15.3 Å². The van der Waals surface area contributed by atoms with Crippen molar-refractivity contribution < 1.29 is 19.4 Å². The maximum Gasteiger partial charge on any atom is 0.255 e. The normalized spacial score (nSPS) is 19.1. The minimum absolute atomic E-state index is 0.0192. The molecule has 8 heteroatoms. The van der Waals surface area contributed by atoms with E-state index in [2.05, 4.69) is 17.2 Å². The van der Waals surface area contributed by atoms with Crippen LogP contribution in [-0.2, 0) is 11.2 Å². The first-order valence-corrected chi connectivity index (χ1v) is 11.1. The lowest BCUT2D eigenvalue weighted by molar-refractivity contribution is -0.122. The molecule has 2 aromatic rings. The van der Waals surface area contributed by atoms with Gasteiger partial charge in [0.2, 0.25) is 5.91 Å². The molecule has 2 heterocycles. The minimum Gasteiger partial charge on any atom is -0.455 e. The van der Waals surface area contributed by atoms with Crippen LogP contribution in [0, 0.1) is 12.3 Å². The van der Waals surface area contributed by atoms with Gasteiger partial charge in [-0.05, 0) is 61.9 Å². The summed E-state index contributed by atoms with van der Waals surface area (Å²) in [4.78, 5) is 29.9. The van der Waals surface area contributed by atoms with Gasteiger partial charge in [-0.25, -0.2) is 0 Å². The second-order valence-corrected chi connectivity index (χ2v) is 8.20. The Labute approximate surface area is 194 Å². The third-order valence-electron chi connectivity index (χ3n) is 6.41. The summed E-state index contributed by atoms with van der Waals surface area (Å²) in [6.07, 6.45) is 7.10. The quantitative estimate of drug-likeness (QED) is 0.398. The highest BCUT2D eigenvalue weighted by molar-refractivity contribution is 5.97. The van der Waals surface area contributed by atoms with Crippen LogP contribution in [0.4, 0.5) is 0 Å². The number of H-pyrrole nitrogens is 1. The van der Waals surface area contributed by atoms with E-state index in [1.165, 1.54) is 6.21 Å². The predicted molar refractivity (Wildman–Crippen MR) is 128 cm³/mol. The van der Waals surface area contributed by atoms with Crippen LogP contribution in [0.1, 0.15) is 58.4 Å². The van der Waals surface area contributed by atoms with Gasteiger partial charge in [0.15, 0.2) is 5.76 Å². The zero-order valence-electron chi connectivity index (χ0n) is 19.6. The van der Waals surface area contributed by atoms with E-state index in [1.807, 2.05) is 30.0 Å². The van der Waals surface area contributed by atoms with Gasteiger partial charge in [-0.1, -0.05) is 6.07 Å². The number of aromatic amines is 1. The summed E-state index contributed by atoms with van der Waals surface area (Å²) in [5, 5.41) is 17.3. The molecule has 4 rings (SSSR count). The fourth-order valence-corrected chi connectivity index (χ4v) is 4.42. The molecular formula is C25H32N4O4. The number of nitrogens with zero attached hydrogens (tertiary/aromatic N) is 1. The molecule has 0 spiro atoms. The molecule has 1 aromatic carbocycles. The van der Waals surface area contributed by atoms with Crippen molar-refractivity contribution in [1.29, 1.82) is 5.41 Å². The third kappa shape index (κ3) is 4.71. The number of ether oxygens (including phenoxy) is 1. The number of allylic oxidation sites excluding steroid dienone is 1. The van der Waals surface area contributed by atoms with Crippen molar-refractivity contribution in [3.05, 3.63) is 58.4 Å². The Morgan fingerprint density at radius 1 is 1.30 bits per heavy atom. The number of rotatable bonds is 6. The van der Waals surface area contributed by atoms with Gasteiger partial charge in [-0.2, -0.15) is 0 Å². The summed E-state index contributed by atoms with van der Waals surface area (Å²) in [7, 11) is 2.66. The second kappa shape index (κ2) is 10.5. The Bertz CT molecular complexity index is 1070. The topological polar surface area (TPSA) is 119 Å². The van der Waals surface area contributed by atoms with Gasteiger partial charge in [0.05, 0.1) is 17.2 Å². The maximum absolute atomic E-state index is 12.8. The molecule has 176 valence electrons.